The summed E-state index contributed by atoms with van der Waals surface area (Å²) in [5, 5.41) is 13.6. The fraction of sp³-hybridized carbons (Fsp3) is 0.308. The number of nitrogens with zero attached hydrogens (tertiary/aromatic N) is 1. The van der Waals surface area contributed by atoms with E-state index in [9.17, 15) is 0 Å². The zero-order chi connectivity index (χ0) is 11.8. The fourth-order valence-electron chi connectivity index (χ4n) is 2.52. The first-order chi connectivity index (χ1) is 8.33. The number of hydrogen-bond acceptors (Lipinski definition) is 3. The first-order valence-corrected chi connectivity index (χ1v) is 5.73. The topological polar surface area (TPSA) is 57.6 Å². The molecule has 0 bridgehead atoms. The normalized spacial score (nSPS) is 17.4. The molecule has 2 N–H and O–H groups in total. The molecule has 0 atom stereocenters. The Bertz CT molecular complexity index is 599. The number of methoxy groups -OCH3 is 1. The lowest BCUT2D eigenvalue weighted by molar-refractivity contribution is 0.317. The molecular formula is C13H14N2O2. The van der Waals surface area contributed by atoms with Gasteiger partial charge in [-0.25, -0.2) is 0 Å². The average molecular weight is 230 g/mol. The van der Waals surface area contributed by atoms with E-state index < -0.39 is 0 Å². The number of nitrogens with one attached hydrogen (secondary N) is 1. The number of rotatable bonds is 1. The number of aromatic amines is 1. The van der Waals surface area contributed by atoms with E-state index in [1.54, 1.807) is 7.11 Å². The van der Waals surface area contributed by atoms with Gasteiger partial charge in [-0.2, -0.15) is 0 Å². The Kier molecular flexibility index (Phi) is 2.28. The lowest BCUT2D eigenvalue weighted by atomic mass is 9.94. The molecule has 1 aromatic carbocycles. The summed E-state index contributed by atoms with van der Waals surface area (Å²) in [5.74, 6) is 0.854. The Morgan fingerprint density at radius 1 is 1.35 bits per heavy atom. The summed E-state index contributed by atoms with van der Waals surface area (Å²) in [6.07, 6.45) is 2.87. The van der Waals surface area contributed by atoms with Gasteiger partial charge in [-0.3, -0.25) is 0 Å². The van der Waals surface area contributed by atoms with Gasteiger partial charge in [-0.05, 0) is 43.0 Å². The zero-order valence-electron chi connectivity index (χ0n) is 9.66. The van der Waals surface area contributed by atoms with E-state index >= 15 is 0 Å². The number of fused-ring (bicyclic) bond motifs is 3. The largest absolute Gasteiger partial charge is 0.497 e. The Morgan fingerprint density at radius 3 is 3.00 bits per heavy atom. The Hall–Kier alpha value is -1.97. The summed E-state index contributed by atoms with van der Waals surface area (Å²) in [5.41, 5.74) is 4.03. The van der Waals surface area contributed by atoms with Crippen molar-refractivity contribution in [3.05, 3.63) is 29.5 Å². The maximum absolute atomic E-state index is 9.01. The number of aryl methyl sites for hydroxylation is 1. The molecule has 1 aliphatic rings. The van der Waals surface area contributed by atoms with Crippen LogP contribution in [-0.4, -0.2) is 23.0 Å². The summed E-state index contributed by atoms with van der Waals surface area (Å²) in [4.78, 5) is 3.32. The highest BCUT2D eigenvalue weighted by Crippen LogP contribution is 2.31. The molecule has 88 valence electrons. The molecule has 2 aromatic rings. The van der Waals surface area contributed by atoms with Crippen LogP contribution in [-0.2, 0) is 6.42 Å². The van der Waals surface area contributed by atoms with E-state index in [0.29, 0.717) is 0 Å². The molecule has 1 heterocycles. The Balaban J connectivity index is 2.27. The molecule has 17 heavy (non-hydrogen) atoms. The Morgan fingerprint density at radius 2 is 2.24 bits per heavy atom. The highest BCUT2D eigenvalue weighted by molar-refractivity contribution is 6.06. The minimum Gasteiger partial charge on any atom is -0.497 e. The van der Waals surface area contributed by atoms with Gasteiger partial charge in [0.1, 0.15) is 11.5 Å². The zero-order valence-corrected chi connectivity index (χ0v) is 9.66. The number of benzene rings is 1. The van der Waals surface area contributed by atoms with Crippen molar-refractivity contribution in [1.82, 2.24) is 4.98 Å². The number of H-pyrrole nitrogens is 1. The molecule has 0 aliphatic heterocycles. The van der Waals surface area contributed by atoms with Crippen molar-refractivity contribution in [2.75, 3.05) is 7.11 Å². The molecule has 0 fully saturated rings. The summed E-state index contributed by atoms with van der Waals surface area (Å²) < 4.78 is 5.24. The molecule has 4 heteroatoms. The second-order valence-electron chi connectivity index (χ2n) is 4.29. The number of hydrogen-bond donors (Lipinski definition) is 2. The third-order valence-electron chi connectivity index (χ3n) is 3.36. The lowest BCUT2D eigenvalue weighted by Crippen LogP contribution is -2.10. The van der Waals surface area contributed by atoms with Crippen molar-refractivity contribution >= 4 is 16.6 Å². The molecule has 0 saturated heterocycles. The van der Waals surface area contributed by atoms with E-state index in [2.05, 4.69) is 10.1 Å². The molecule has 0 radical (unpaired) electrons. The highest BCUT2D eigenvalue weighted by Gasteiger charge is 2.21. The van der Waals surface area contributed by atoms with Gasteiger partial charge in [-0.15, -0.1) is 0 Å². The molecule has 3 rings (SSSR count). The van der Waals surface area contributed by atoms with Crippen LogP contribution in [0.5, 0.6) is 5.75 Å². The van der Waals surface area contributed by atoms with Crippen LogP contribution in [0.25, 0.3) is 10.9 Å². The van der Waals surface area contributed by atoms with Gasteiger partial charge >= 0.3 is 0 Å². The van der Waals surface area contributed by atoms with Gasteiger partial charge in [0.25, 0.3) is 0 Å². The van der Waals surface area contributed by atoms with Gasteiger partial charge in [0.15, 0.2) is 0 Å². The summed E-state index contributed by atoms with van der Waals surface area (Å²) >= 11 is 0. The summed E-state index contributed by atoms with van der Waals surface area (Å²) in [7, 11) is 1.67. The van der Waals surface area contributed by atoms with Crippen molar-refractivity contribution in [2.24, 2.45) is 5.16 Å². The fourth-order valence-corrected chi connectivity index (χ4v) is 2.52. The standard InChI is InChI=1S/C13H14N2O2/c1-17-8-5-6-11-10(7-8)9-3-2-4-12(15-16)13(9)14-11/h5-7,14,16H,2-4H2,1H3/b15-12-. The molecular weight excluding hydrogens is 216 g/mol. The van der Waals surface area contributed by atoms with Crippen molar-refractivity contribution in [1.29, 1.82) is 0 Å². The maximum atomic E-state index is 9.01. The van der Waals surface area contributed by atoms with Crippen LogP contribution < -0.4 is 4.74 Å². The van der Waals surface area contributed by atoms with Crippen LogP contribution in [0.4, 0.5) is 0 Å². The van der Waals surface area contributed by atoms with Crippen LogP contribution in [0.15, 0.2) is 23.4 Å². The molecule has 0 amide bonds. The summed E-state index contributed by atoms with van der Waals surface area (Å²) in [6, 6.07) is 5.96. The maximum Gasteiger partial charge on any atom is 0.119 e. The lowest BCUT2D eigenvalue weighted by Gasteiger charge is -2.12. The highest BCUT2D eigenvalue weighted by atomic mass is 16.5. The van der Waals surface area contributed by atoms with Crippen LogP contribution in [0.1, 0.15) is 24.1 Å². The van der Waals surface area contributed by atoms with Crippen LogP contribution in [0, 0.1) is 0 Å². The van der Waals surface area contributed by atoms with Crippen LogP contribution in [0.2, 0.25) is 0 Å². The van der Waals surface area contributed by atoms with Crippen molar-refractivity contribution in [3.8, 4) is 5.75 Å². The number of oxime groups is 1. The second-order valence-corrected chi connectivity index (χ2v) is 4.29. The third kappa shape index (κ3) is 1.48. The minimum atomic E-state index is 0.751. The quantitative estimate of drug-likeness (QED) is 0.584. The second kappa shape index (κ2) is 3.80. The molecule has 0 saturated carbocycles. The average Bonchev–Trinajstić information content (AvgIpc) is 2.76. The third-order valence-corrected chi connectivity index (χ3v) is 3.36. The first kappa shape index (κ1) is 10.2. The van der Waals surface area contributed by atoms with Crippen LogP contribution >= 0.6 is 0 Å². The van der Waals surface area contributed by atoms with Gasteiger partial charge in [0.05, 0.1) is 12.8 Å². The van der Waals surface area contributed by atoms with E-state index in [1.807, 2.05) is 18.2 Å². The van der Waals surface area contributed by atoms with Gasteiger partial charge < -0.3 is 14.9 Å². The summed E-state index contributed by atoms with van der Waals surface area (Å²) in [6.45, 7) is 0. The predicted octanol–water partition coefficient (Wildman–Crippen LogP) is 2.69. The molecule has 0 spiro atoms. The van der Waals surface area contributed by atoms with E-state index in [4.69, 9.17) is 9.94 Å². The molecule has 1 aromatic heterocycles. The van der Waals surface area contributed by atoms with Gasteiger partial charge in [-0.1, -0.05) is 5.16 Å². The van der Waals surface area contributed by atoms with E-state index in [-0.39, 0.29) is 0 Å². The van der Waals surface area contributed by atoms with Crippen molar-refractivity contribution in [3.63, 3.8) is 0 Å². The predicted molar refractivity (Wildman–Crippen MR) is 66.1 cm³/mol. The van der Waals surface area contributed by atoms with Crippen LogP contribution in [0.3, 0.4) is 0 Å². The van der Waals surface area contributed by atoms with Crippen molar-refractivity contribution < 1.29 is 9.94 Å². The van der Waals surface area contributed by atoms with Gasteiger partial charge in [0, 0.05) is 10.9 Å². The van der Waals surface area contributed by atoms with E-state index in [0.717, 1.165) is 41.9 Å². The smallest absolute Gasteiger partial charge is 0.119 e. The van der Waals surface area contributed by atoms with E-state index in [1.165, 1.54) is 10.9 Å². The molecule has 1 aliphatic carbocycles. The monoisotopic (exact) mass is 230 g/mol. The number of ether oxygens (including phenoxy) is 1. The Labute approximate surface area is 98.9 Å². The molecule has 0 unspecified atom stereocenters. The first-order valence-electron chi connectivity index (χ1n) is 5.73. The van der Waals surface area contributed by atoms with Crippen molar-refractivity contribution in [2.45, 2.75) is 19.3 Å². The SMILES string of the molecule is COc1ccc2[nH]c3c(c2c1)CCC/C3=N/O. The number of aromatic nitrogens is 1. The minimum absolute atomic E-state index is 0.751. The van der Waals surface area contributed by atoms with Gasteiger partial charge in [0.2, 0.25) is 0 Å². The molecule has 4 nitrogen and oxygen atoms in total.